The molecule has 0 saturated carbocycles. The number of hydrogen-bond donors (Lipinski definition) is 0. The molecule has 0 atom stereocenters. The van der Waals surface area contributed by atoms with Crippen molar-refractivity contribution in [3.8, 4) is 44.9 Å². The fraction of sp³-hybridized carbons (Fsp3) is 0. The van der Waals surface area contributed by atoms with E-state index in [0.29, 0.717) is 0 Å². The van der Waals surface area contributed by atoms with E-state index in [0.717, 1.165) is 44.6 Å². The van der Waals surface area contributed by atoms with E-state index in [1.807, 2.05) is 12.1 Å². The molecule has 3 aromatic heterocycles. The first kappa shape index (κ1) is 24.2. The highest BCUT2D eigenvalue weighted by Gasteiger charge is 2.15. The zero-order valence-corrected chi connectivity index (χ0v) is 23.9. The first-order valence-corrected chi connectivity index (χ1v) is 15.2. The molecule has 0 aliphatic carbocycles. The maximum Gasteiger partial charge on any atom is 0.136 e. The van der Waals surface area contributed by atoms with E-state index in [1.165, 1.54) is 42.4 Å². The Bertz CT molecular complexity index is 2240. The predicted octanol–water partition coefficient (Wildman–Crippen LogP) is 12.2. The van der Waals surface area contributed by atoms with Crippen LogP contribution in [0.4, 0.5) is 0 Å². The molecule has 0 aliphatic heterocycles. The third-order valence-corrected chi connectivity index (χ3v) is 9.42. The normalized spacial score (nSPS) is 11.7. The summed E-state index contributed by atoms with van der Waals surface area (Å²) in [5.74, 6) is 1.77. The zero-order valence-electron chi connectivity index (χ0n) is 23.1. The molecule has 202 valence electrons. The van der Waals surface area contributed by atoms with Crippen LogP contribution in [0.3, 0.4) is 0 Å². The fourth-order valence-corrected chi connectivity index (χ4v) is 7.17. The minimum absolute atomic E-state index is 0.886. The lowest BCUT2D eigenvalue weighted by molar-refractivity contribution is 0.631. The van der Waals surface area contributed by atoms with Crippen LogP contribution in [0.5, 0.6) is 0 Å². The predicted molar refractivity (Wildman–Crippen MR) is 181 cm³/mol. The van der Waals surface area contributed by atoms with Gasteiger partial charge < -0.3 is 8.83 Å². The van der Waals surface area contributed by atoms with E-state index in [9.17, 15) is 0 Å². The second-order valence-electron chi connectivity index (χ2n) is 11.0. The van der Waals surface area contributed by atoms with Crippen LogP contribution >= 0.6 is 11.3 Å². The second kappa shape index (κ2) is 9.59. The minimum atomic E-state index is 0.886. The Labute approximate surface area is 252 Å². The van der Waals surface area contributed by atoms with Crippen molar-refractivity contribution in [2.75, 3.05) is 0 Å². The van der Waals surface area contributed by atoms with Crippen LogP contribution in [-0.4, -0.2) is 0 Å². The third-order valence-electron chi connectivity index (χ3n) is 8.30. The number of furan rings is 2. The summed E-state index contributed by atoms with van der Waals surface area (Å²) >= 11 is 1.78. The summed E-state index contributed by atoms with van der Waals surface area (Å²) in [7, 11) is 0. The van der Waals surface area contributed by atoms with Crippen molar-refractivity contribution in [1.29, 1.82) is 0 Å². The van der Waals surface area contributed by atoms with Crippen molar-refractivity contribution >= 4 is 53.4 Å². The molecule has 9 rings (SSSR count). The molecule has 9 aromatic rings. The molecule has 0 saturated heterocycles. The average molecular weight is 569 g/mol. The van der Waals surface area contributed by atoms with Gasteiger partial charge in [0.25, 0.3) is 0 Å². The topological polar surface area (TPSA) is 26.3 Å². The molecule has 43 heavy (non-hydrogen) atoms. The van der Waals surface area contributed by atoms with Gasteiger partial charge in [0.1, 0.15) is 22.7 Å². The lowest BCUT2D eigenvalue weighted by Crippen LogP contribution is -1.78. The molecule has 0 unspecified atom stereocenters. The molecule has 2 nitrogen and oxygen atoms in total. The molecule has 0 aliphatic rings. The highest BCUT2D eigenvalue weighted by molar-refractivity contribution is 7.26. The van der Waals surface area contributed by atoms with Gasteiger partial charge >= 0.3 is 0 Å². The summed E-state index contributed by atoms with van der Waals surface area (Å²) in [6.45, 7) is 0. The minimum Gasteiger partial charge on any atom is -0.456 e. The number of hydrogen-bond acceptors (Lipinski definition) is 3. The maximum atomic E-state index is 6.36. The van der Waals surface area contributed by atoms with E-state index < -0.39 is 0 Å². The monoisotopic (exact) mass is 568 g/mol. The fourth-order valence-electron chi connectivity index (χ4n) is 6.04. The van der Waals surface area contributed by atoms with Crippen molar-refractivity contribution in [1.82, 2.24) is 0 Å². The van der Waals surface area contributed by atoms with Gasteiger partial charge in [0.2, 0.25) is 0 Å². The Hall–Kier alpha value is -5.38. The number of benzene rings is 6. The molecule has 0 fully saturated rings. The van der Waals surface area contributed by atoms with Crippen molar-refractivity contribution in [3.05, 3.63) is 146 Å². The van der Waals surface area contributed by atoms with Crippen LogP contribution in [0.25, 0.3) is 87.0 Å². The van der Waals surface area contributed by atoms with Gasteiger partial charge in [-0.25, -0.2) is 0 Å². The summed E-state index contributed by atoms with van der Waals surface area (Å²) in [4.78, 5) is 0. The van der Waals surface area contributed by atoms with Gasteiger partial charge in [0, 0.05) is 42.1 Å². The van der Waals surface area contributed by atoms with E-state index >= 15 is 0 Å². The molecule has 6 aromatic carbocycles. The van der Waals surface area contributed by atoms with Crippen LogP contribution in [0, 0.1) is 0 Å². The summed E-state index contributed by atoms with van der Waals surface area (Å²) in [6.07, 6.45) is 0. The van der Waals surface area contributed by atoms with Gasteiger partial charge in [0.15, 0.2) is 0 Å². The van der Waals surface area contributed by atoms with Crippen LogP contribution < -0.4 is 0 Å². The van der Waals surface area contributed by atoms with Gasteiger partial charge in [0.05, 0.1) is 0 Å². The molecule has 0 amide bonds. The quantitative estimate of drug-likeness (QED) is 0.211. The van der Waals surface area contributed by atoms with E-state index in [4.69, 9.17) is 8.83 Å². The van der Waals surface area contributed by atoms with Gasteiger partial charge in [-0.15, -0.1) is 11.3 Å². The van der Waals surface area contributed by atoms with E-state index in [1.54, 1.807) is 11.3 Å². The first-order chi connectivity index (χ1) is 21.2. The lowest BCUT2D eigenvalue weighted by atomic mass is 10.0. The summed E-state index contributed by atoms with van der Waals surface area (Å²) in [5.41, 5.74) is 8.80. The Kier molecular flexibility index (Phi) is 5.40. The van der Waals surface area contributed by atoms with Gasteiger partial charge in [-0.05, 0) is 58.7 Å². The van der Waals surface area contributed by atoms with Crippen LogP contribution in [-0.2, 0) is 0 Å². The van der Waals surface area contributed by atoms with Gasteiger partial charge in [-0.1, -0.05) is 109 Å². The molecule has 3 heteroatoms. The molecule has 0 bridgehead atoms. The Balaban J connectivity index is 1.07. The molecule has 0 spiro atoms. The highest BCUT2D eigenvalue weighted by atomic mass is 32.1. The molecule has 3 heterocycles. The summed E-state index contributed by atoms with van der Waals surface area (Å²) < 4.78 is 15.1. The standard InChI is InChI=1S/C40H24O2S/c1-3-7-25(8-4-1)27-11-15-29(16-12-27)35-21-31-19-33-34-20-32-22-36(30-17-13-28(14-18-30)26-9-5-2-6-10-26)42-38(32)24-40(34)43-39(33)23-37(31)41-35/h1-24H. The maximum absolute atomic E-state index is 6.36. The summed E-state index contributed by atoms with van der Waals surface area (Å²) in [6, 6.07) is 51.3. The van der Waals surface area contributed by atoms with Crippen molar-refractivity contribution < 1.29 is 8.83 Å². The SMILES string of the molecule is c1ccc(-c2ccc(-c3cc4cc5c(cc4o3)sc3cc4oc(-c6ccc(-c7ccccc7)cc6)cc4cc35)cc2)cc1. The van der Waals surface area contributed by atoms with Crippen LogP contribution in [0.1, 0.15) is 0 Å². The van der Waals surface area contributed by atoms with Crippen molar-refractivity contribution in [2.45, 2.75) is 0 Å². The lowest BCUT2D eigenvalue weighted by Gasteiger charge is -2.02. The highest BCUT2D eigenvalue weighted by Crippen LogP contribution is 2.41. The first-order valence-electron chi connectivity index (χ1n) is 14.4. The van der Waals surface area contributed by atoms with E-state index in [-0.39, 0.29) is 0 Å². The number of rotatable bonds is 4. The molecular formula is C40H24O2S. The summed E-state index contributed by atoms with van der Waals surface area (Å²) in [5, 5.41) is 4.72. The van der Waals surface area contributed by atoms with Gasteiger partial charge in [-0.3, -0.25) is 0 Å². The molecule has 0 N–H and O–H groups in total. The Morgan fingerprint density at radius 1 is 0.349 bits per heavy atom. The second-order valence-corrected chi connectivity index (χ2v) is 12.1. The average Bonchev–Trinajstić information content (AvgIpc) is 3.78. The van der Waals surface area contributed by atoms with Crippen LogP contribution in [0.2, 0.25) is 0 Å². The number of thiophene rings is 1. The van der Waals surface area contributed by atoms with E-state index in [2.05, 4.69) is 133 Å². The van der Waals surface area contributed by atoms with Crippen molar-refractivity contribution in [3.63, 3.8) is 0 Å². The largest absolute Gasteiger partial charge is 0.456 e. The third kappa shape index (κ3) is 4.17. The smallest absolute Gasteiger partial charge is 0.136 e. The molecular weight excluding hydrogens is 545 g/mol. The number of fused-ring (bicyclic) bond motifs is 5. The molecule has 0 radical (unpaired) electrons. The van der Waals surface area contributed by atoms with Crippen molar-refractivity contribution in [2.24, 2.45) is 0 Å². The Morgan fingerprint density at radius 2 is 0.721 bits per heavy atom. The Morgan fingerprint density at radius 3 is 1.14 bits per heavy atom. The van der Waals surface area contributed by atoms with Gasteiger partial charge in [-0.2, -0.15) is 0 Å². The van der Waals surface area contributed by atoms with Crippen LogP contribution in [0.15, 0.2) is 154 Å². The zero-order chi connectivity index (χ0) is 28.3.